The number of piperidine rings is 1. The van der Waals surface area contributed by atoms with Gasteiger partial charge in [0.25, 0.3) is 0 Å². The number of amides is 4. The number of nitriles is 1. The maximum atomic E-state index is 13.2. The predicted octanol–water partition coefficient (Wildman–Crippen LogP) is 3.67. The molecule has 0 radical (unpaired) electrons. The predicted molar refractivity (Wildman–Crippen MR) is 133 cm³/mol. The molecule has 0 aliphatic carbocycles. The van der Waals surface area contributed by atoms with Crippen molar-refractivity contribution in [2.75, 3.05) is 22.9 Å². The molecule has 5 N–H and O–H groups in total. The Bertz CT molecular complexity index is 1120. The highest BCUT2D eigenvalue weighted by atomic mass is 16.6. The Hall–Kier alpha value is -4.26. The molecule has 2 atom stereocenters. The van der Waals surface area contributed by atoms with Crippen LogP contribution in [0.2, 0.25) is 0 Å². The van der Waals surface area contributed by atoms with Crippen LogP contribution in [0, 0.1) is 11.3 Å². The second-order valence-electron chi connectivity index (χ2n) is 9.27. The number of nitrogen functional groups attached to an aromatic ring is 1. The van der Waals surface area contributed by atoms with E-state index in [2.05, 4.69) is 16.0 Å². The molecule has 0 spiro atoms. The van der Waals surface area contributed by atoms with Crippen molar-refractivity contribution in [3.8, 4) is 6.07 Å². The quantitative estimate of drug-likeness (QED) is 0.493. The molecule has 1 heterocycles. The Labute approximate surface area is 204 Å². The van der Waals surface area contributed by atoms with E-state index in [1.165, 1.54) is 4.90 Å². The van der Waals surface area contributed by atoms with Gasteiger partial charge >= 0.3 is 12.1 Å². The van der Waals surface area contributed by atoms with E-state index in [4.69, 9.17) is 15.7 Å². The lowest BCUT2D eigenvalue weighted by molar-refractivity contribution is -0.122. The van der Waals surface area contributed by atoms with Crippen molar-refractivity contribution in [1.29, 1.82) is 5.26 Å². The van der Waals surface area contributed by atoms with Crippen LogP contribution in [0.25, 0.3) is 0 Å². The Kier molecular flexibility index (Phi) is 7.81. The number of carbonyl (C=O) groups excluding carboxylic acids is 3. The van der Waals surface area contributed by atoms with Crippen molar-refractivity contribution in [2.24, 2.45) is 0 Å². The van der Waals surface area contributed by atoms with Crippen molar-refractivity contribution in [2.45, 2.75) is 51.3 Å². The molecule has 184 valence electrons. The number of likely N-dealkylation sites (tertiary alicyclic amines) is 1. The van der Waals surface area contributed by atoms with Crippen molar-refractivity contribution < 1.29 is 19.1 Å². The van der Waals surface area contributed by atoms with Gasteiger partial charge in [0.2, 0.25) is 5.91 Å². The number of nitrogens with zero attached hydrogens (tertiary/aromatic N) is 2. The van der Waals surface area contributed by atoms with E-state index in [0.717, 1.165) is 0 Å². The molecule has 0 aromatic heterocycles. The summed E-state index contributed by atoms with van der Waals surface area (Å²) < 4.78 is 5.51. The first-order valence-electron chi connectivity index (χ1n) is 11.3. The zero-order chi connectivity index (χ0) is 25.6. The number of nitrogens with two attached hydrogens (primary N) is 1. The van der Waals surface area contributed by atoms with Crippen LogP contribution in [0.4, 0.5) is 26.7 Å². The van der Waals surface area contributed by atoms with Crippen LogP contribution in [-0.2, 0) is 9.53 Å². The molecular formula is C25H30N6O4. The van der Waals surface area contributed by atoms with Gasteiger partial charge in [0.1, 0.15) is 11.6 Å². The van der Waals surface area contributed by atoms with Crippen LogP contribution in [0.5, 0.6) is 0 Å². The third-order valence-electron chi connectivity index (χ3n) is 5.36. The van der Waals surface area contributed by atoms with E-state index in [9.17, 15) is 14.4 Å². The first kappa shape index (κ1) is 25.4. The molecule has 1 aliphatic rings. The number of anilines is 3. The van der Waals surface area contributed by atoms with Gasteiger partial charge in [-0.2, -0.15) is 5.26 Å². The van der Waals surface area contributed by atoms with Crippen LogP contribution in [-0.4, -0.2) is 47.2 Å². The molecule has 0 bridgehead atoms. The SMILES string of the molecule is CC(C)(C)OC(=O)N1CC[C@@H](NC(=O)Nc2ccc(C#N)cc2)C[C@@H]1C(=O)Nc1ccccc1N. The van der Waals surface area contributed by atoms with Gasteiger partial charge in [0.05, 0.1) is 23.0 Å². The van der Waals surface area contributed by atoms with Crippen LogP contribution in [0.1, 0.15) is 39.2 Å². The molecule has 1 saturated heterocycles. The Balaban J connectivity index is 1.71. The summed E-state index contributed by atoms with van der Waals surface area (Å²) in [7, 11) is 0. The molecule has 10 nitrogen and oxygen atoms in total. The van der Waals surface area contributed by atoms with Crippen molar-refractivity contribution >= 4 is 35.1 Å². The second-order valence-corrected chi connectivity index (χ2v) is 9.27. The van der Waals surface area contributed by atoms with Gasteiger partial charge in [-0.1, -0.05) is 12.1 Å². The number of rotatable bonds is 4. The minimum atomic E-state index is -0.876. The van der Waals surface area contributed by atoms with Crippen LogP contribution < -0.4 is 21.7 Å². The Morgan fingerprint density at radius 2 is 1.77 bits per heavy atom. The van der Waals surface area contributed by atoms with Crippen molar-refractivity contribution in [3.05, 3.63) is 54.1 Å². The average molecular weight is 479 g/mol. The summed E-state index contributed by atoms with van der Waals surface area (Å²) in [6.07, 6.45) is 0.0368. The number of nitrogens with one attached hydrogen (secondary N) is 3. The molecule has 10 heteroatoms. The highest BCUT2D eigenvalue weighted by molar-refractivity contribution is 5.99. The van der Waals surface area contributed by atoms with Crippen LogP contribution >= 0.6 is 0 Å². The summed E-state index contributed by atoms with van der Waals surface area (Å²) in [6, 6.07) is 13.6. The Morgan fingerprint density at radius 1 is 1.09 bits per heavy atom. The number of hydrogen-bond donors (Lipinski definition) is 4. The van der Waals surface area contributed by atoms with Gasteiger partial charge < -0.3 is 26.4 Å². The summed E-state index contributed by atoms with van der Waals surface area (Å²) in [5.41, 5.74) is 7.09. The summed E-state index contributed by atoms with van der Waals surface area (Å²) >= 11 is 0. The normalized spacial score (nSPS) is 17.6. The van der Waals surface area contributed by atoms with Gasteiger partial charge in [-0.05, 0) is 70.0 Å². The van der Waals surface area contributed by atoms with E-state index in [1.54, 1.807) is 69.3 Å². The smallest absolute Gasteiger partial charge is 0.410 e. The first-order valence-corrected chi connectivity index (χ1v) is 11.3. The second kappa shape index (κ2) is 10.8. The molecular weight excluding hydrogens is 448 g/mol. The van der Waals surface area contributed by atoms with Crippen molar-refractivity contribution in [3.63, 3.8) is 0 Å². The largest absolute Gasteiger partial charge is 0.444 e. The number of benzene rings is 2. The molecule has 1 aliphatic heterocycles. The fourth-order valence-corrected chi connectivity index (χ4v) is 3.69. The standard InChI is InChI=1S/C25H30N6O4/c1-25(2,3)35-24(34)31-13-12-18(29-23(33)28-17-10-8-16(15-26)9-11-17)14-21(31)22(32)30-20-7-5-4-6-19(20)27/h4-11,18,21H,12-14,27H2,1-3H3,(H,30,32)(H2,28,29,33)/t18-,21-/m1/s1. The monoisotopic (exact) mass is 478 g/mol. The van der Waals surface area contributed by atoms with Gasteiger partial charge in [-0.25, -0.2) is 9.59 Å². The minimum Gasteiger partial charge on any atom is -0.444 e. The van der Waals surface area contributed by atoms with Gasteiger partial charge in [0.15, 0.2) is 0 Å². The number of ether oxygens (including phenoxy) is 1. The summed E-state index contributed by atoms with van der Waals surface area (Å²) in [5.74, 6) is -0.423. The lowest BCUT2D eigenvalue weighted by atomic mass is 9.96. The van der Waals surface area contributed by atoms with E-state index in [1.807, 2.05) is 6.07 Å². The maximum Gasteiger partial charge on any atom is 0.410 e. The highest BCUT2D eigenvalue weighted by Gasteiger charge is 2.39. The number of para-hydroxylation sites is 2. The molecule has 3 rings (SSSR count). The molecule has 0 saturated carbocycles. The fourth-order valence-electron chi connectivity index (χ4n) is 3.69. The number of carbonyl (C=O) groups is 3. The number of hydrogen-bond acceptors (Lipinski definition) is 6. The van der Waals surface area contributed by atoms with Crippen LogP contribution in [0.15, 0.2) is 48.5 Å². The zero-order valence-electron chi connectivity index (χ0n) is 20.0. The summed E-state index contributed by atoms with van der Waals surface area (Å²) in [4.78, 5) is 40.0. The maximum absolute atomic E-state index is 13.2. The van der Waals surface area contributed by atoms with Gasteiger partial charge in [0, 0.05) is 18.3 Å². The first-order chi connectivity index (χ1) is 16.6. The zero-order valence-corrected chi connectivity index (χ0v) is 20.0. The van der Waals surface area contributed by atoms with Crippen LogP contribution in [0.3, 0.4) is 0 Å². The molecule has 35 heavy (non-hydrogen) atoms. The minimum absolute atomic E-state index is 0.193. The van der Waals surface area contributed by atoms with Gasteiger partial charge in [-0.3, -0.25) is 9.69 Å². The van der Waals surface area contributed by atoms with E-state index in [0.29, 0.717) is 29.0 Å². The van der Waals surface area contributed by atoms with Crippen molar-refractivity contribution in [1.82, 2.24) is 10.2 Å². The summed E-state index contributed by atoms with van der Waals surface area (Å²) in [6.45, 7) is 5.49. The molecule has 1 fully saturated rings. The topological polar surface area (TPSA) is 150 Å². The molecule has 0 unspecified atom stereocenters. The third-order valence-corrected chi connectivity index (χ3v) is 5.36. The fraction of sp³-hybridized carbons (Fsp3) is 0.360. The van der Waals surface area contributed by atoms with E-state index in [-0.39, 0.29) is 19.0 Å². The molecule has 4 amide bonds. The average Bonchev–Trinajstić information content (AvgIpc) is 2.79. The summed E-state index contributed by atoms with van der Waals surface area (Å²) in [5, 5.41) is 17.3. The van der Waals surface area contributed by atoms with Gasteiger partial charge in [-0.15, -0.1) is 0 Å². The third kappa shape index (κ3) is 7.11. The van der Waals surface area contributed by atoms with E-state index < -0.39 is 29.7 Å². The number of urea groups is 1. The Morgan fingerprint density at radius 3 is 2.40 bits per heavy atom. The van der Waals surface area contributed by atoms with E-state index >= 15 is 0 Å². The highest BCUT2D eigenvalue weighted by Crippen LogP contribution is 2.24. The lowest BCUT2D eigenvalue weighted by Crippen LogP contribution is -2.57. The lowest BCUT2D eigenvalue weighted by Gasteiger charge is -2.39. The molecule has 2 aromatic carbocycles. The molecule has 2 aromatic rings.